The molecule has 0 aliphatic carbocycles. The molecular weight excluding hydrogens is 437 g/mol. The Morgan fingerprint density at radius 3 is 2.44 bits per heavy atom. The fraction of sp³-hybridized carbons (Fsp3) is 0.320. The Balaban J connectivity index is 1.36. The predicted molar refractivity (Wildman–Crippen MR) is 128 cm³/mol. The molecule has 1 aliphatic rings. The maximum atomic E-state index is 13.9. The molecule has 1 fully saturated rings. The number of ether oxygens (including phenoxy) is 2. The van der Waals surface area contributed by atoms with Crippen LogP contribution in [0, 0.1) is 12.7 Å². The molecule has 4 rings (SSSR count). The fourth-order valence-corrected chi connectivity index (χ4v) is 3.75. The van der Waals surface area contributed by atoms with Crippen LogP contribution in [0.1, 0.15) is 12.6 Å². The number of aryl methyl sites for hydroxylation is 1. The van der Waals surface area contributed by atoms with Crippen LogP contribution in [-0.4, -0.2) is 60.2 Å². The van der Waals surface area contributed by atoms with Crippen LogP contribution in [-0.2, 0) is 4.79 Å². The summed E-state index contributed by atoms with van der Waals surface area (Å²) >= 11 is 0. The van der Waals surface area contributed by atoms with Crippen molar-refractivity contribution in [2.75, 3.05) is 43.5 Å². The zero-order chi connectivity index (χ0) is 24.1. The molecule has 1 amide bonds. The van der Waals surface area contributed by atoms with Crippen molar-refractivity contribution in [2.45, 2.75) is 20.0 Å². The average molecular weight is 466 g/mol. The van der Waals surface area contributed by atoms with E-state index in [0.717, 1.165) is 17.1 Å². The Kier molecular flexibility index (Phi) is 7.10. The number of hydrogen-bond acceptors (Lipinski definition) is 7. The number of nitrogens with one attached hydrogen (secondary N) is 1. The SMILES string of the molecule is COc1ccc(Nc2cc(C)nc(N3CCN(C(=O)C(C)Oc4ccccc4F)CC3)n2)cc1. The van der Waals surface area contributed by atoms with Gasteiger partial charge in [0.2, 0.25) is 5.95 Å². The lowest BCUT2D eigenvalue weighted by molar-refractivity contribution is -0.138. The van der Waals surface area contributed by atoms with Crippen LogP contribution in [0.25, 0.3) is 0 Å². The number of benzene rings is 2. The minimum atomic E-state index is -0.779. The highest BCUT2D eigenvalue weighted by molar-refractivity contribution is 5.81. The molecular formula is C25H28FN5O3. The molecule has 2 aromatic carbocycles. The Labute approximate surface area is 198 Å². The number of aromatic nitrogens is 2. The molecule has 0 bridgehead atoms. The zero-order valence-electron chi connectivity index (χ0n) is 19.5. The number of anilines is 3. The van der Waals surface area contributed by atoms with Gasteiger partial charge in [-0.1, -0.05) is 12.1 Å². The third-order valence-electron chi connectivity index (χ3n) is 5.57. The van der Waals surface area contributed by atoms with Crippen LogP contribution in [0.3, 0.4) is 0 Å². The third-order valence-corrected chi connectivity index (χ3v) is 5.57. The summed E-state index contributed by atoms with van der Waals surface area (Å²) in [5, 5.41) is 3.30. The van der Waals surface area contributed by atoms with Gasteiger partial charge in [0, 0.05) is 43.6 Å². The summed E-state index contributed by atoms with van der Waals surface area (Å²) in [6.07, 6.45) is -0.779. The van der Waals surface area contributed by atoms with E-state index < -0.39 is 11.9 Å². The number of para-hydroxylation sites is 1. The maximum absolute atomic E-state index is 13.9. The predicted octanol–water partition coefficient (Wildman–Crippen LogP) is 3.79. The van der Waals surface area contributed by atoms with Crippen LogP contribution in [0.4, 0.5) is 21.8 Å². The number of carbonyl (C=O) groups is 1. The van der Waals surface area contributed by atoms with Gasteiger partial charge in [-0.2, -0.15) is 4.98 Å². The first-order valence-corrected chi connectivity index (χ1v) is 11.1. The van der Waals surface area contributed by atoms with Gasteiger partial charge in [0.25, 0.3) is 5.91 Å². The van der Waals surface area contributed by atoms with Crippen molar-refractivity contribution in [1.29, 1.82) is 0 Å². The standard InChI is InChI=1S/C25H28FN5O3/c1-17-16-23(28-19-8-10-20(33-3)11-9-19)29-25(27-17)31-14-12-30(13-15-31)24(32)18(2)34-22-7-5-4-6-21(22)26/h4-11,16,18H,12-15H2,1-3H3,(H,27,28,29). The summed E-state index contributed by atoms with van der Waals surface area (Å²) in [6.45, 7) is 5.74. The van der Waals surface area contributed by atoms with Crippen molar-refractivity contribution in [3.63, 3.8) is 0 Å². The highest BCUT2D eigenvalue weighted by Crippen LogP contribution is 2.22. The van der Waals surface area contributed by atoms with Crippen molar-refractivity contribution in [2.24, 2.45) is 0 Å². The second-order valence-corrected chi connectivity index (χ2v) is 8.05. The van der Waals surface area contributed by atoms with Gasteiger partial charge in [-0.05, 0) is 50.2 Å². The lowest BCUT2D eigenvalue weighted by atomic mass is 10.2. The smallest absolute Gasteiger partial charge is 0.263 e. The molecule has 178 valence electrons. The molecule has 0 radical (unpaired) electrons. The topological polar surface area (TPSA) is 79.8 Å². The van der Waals surface area contributed by atoms with E-state index in [9.17, 15) is 9.18 Å². The summed E-state index contributed by atoms with van der Waals surface area (Å²) in [5.74, 6) is 1.51. The van der Waals surface area contributed by atoms with Gasteiger partial charge in [0.05, 0.1) is 7.11 Å². The third kappa shape index (κ3) is 5.54. The van der Waals surface area contributed by atoms with Gasteiger partial charge in [0.1, 0.15) is 11.6 Å². The Morgan fingerprint density at radius 2 is 1.76 bits per heavy atom. The summed E-state index contributed by atoms with van der Waals surface area (Å²) in [6, 6.07) is 15.6. The molecule has 1 unspecified atom stereocenters. The fourth-order valence-electron chi connectivity index (χ4n) is 3.75. The first-order chi connectivity index (χ1) is 16.4. The Hall–Kier alpha value is -3.88. The van der Waals surface area contributed by atoms with E-state index in [1.165, 1.54) is 12.1 Å². The Bertz CT molecular complexity index is 1130. The number of rotatable bonds is 7. The molecule has 8 nitrogen and oxygen atoms in total. The molecule has 1 saturated heterocycles. The average Bonchev–Trinajstić information content (AvgIpc) is 2.85. The molecule has 1 aromatic heterocycles. The van der Waals surface area contributed by atoms with Gasteiger partial charge < -0.3 is 24.6 Å². The number of amides is 1. The molecule has 34 heavy (non-hydrogen) atoms. The highest BCUT2D eigenvalue weighted by atomic mass is 19.1. The first-order valence-electron chi connectivity index (χ1n) is 11.1. The van der Waals surface area contributed by atoms with Gasteiger partial charge in [-0.3, -0.25) is 4.79 Å². The first kappa shape index (κ1) is 23.3. The number of hydrogen-bond donors (Lipinski definition) is 1. The van der Waals surface area contributed by atoms with E-state index in [0.29, 0.717) is 37.9 Å². The van der Waals surface area contributed by atoms with Crippen molar-refractivity contribution < 1.29 is 18.7 Å². The van der Waals surface area contributed by atoms with E-state index in [4.69, 9.17) is 9.47 Å². The number of halogens is 1. The van der Waals surface area contributed by atoms with Crippen molar-refractivity contribution in [3.05, 3.63) is 66.1 Å². The van der Waals surface area contributed by atoms with Crippen molar-refractivity contribution >= 4 is 23.4 Å². The largest absolute Gasteiger partial charge is 0.497 e. The highest BCUT2D eigenvalue weighted by Gasteiger charge is 2.27. The molecule has 0 saturated carbocycles. The lowest BCUT2D eigenvalue weighted by Gasteiger charge is -2.36. The van der Waals surface area contributed by atoms with Gasteiger partial charge in [0.15, 0.2) is 17.7 Å². The van der Waals surface area contributed by atoms with E-state index in [1.807, 2.05) is 37.3 Å². The number of carbonyl (C=O) groups excluding carboxylic acids is 1. The van der Waals surface area contributed by atoms with E-state index in [2.05, 4.69) is 20.2 Å². The molecule has 1 aliphatic heterocycles. The van der Waals surface area contributed by atoms with Crippen LogP contribution < -0.4 is 19.7 Å². The van der Waals surface area contributed by atoms with Gasteiger partial charge >= 0.3 is 0 Å². The number of methoxy groups -OCH3 is 1. The number of nitrogens with zero attached hydrogens (tertiary/aromatic N) is 4. The quantitative estimate of drug-likeness (QED) is 0.569. The van der Waals surface area contributed by atoms with E-state index in [1.54, 1.807) is 31.1 Å². The molecule has 3 aromatic rings. The summed E-state index contributed by atoms with van der Waals surface area (Å²) in [7, 11) is 1.63. The maximum Gasteiger partial charge on any atom is 0.263 e. The molecule has 2 heterocycles. The van der Waals surface area contributed by atoms with Gasteiger partial charge in [-0.25, -0.2) is 9.37 Å². The van der Waals surface area contributed by atoms with Gasteiger partial charge in [-0.15, -0.1) is 0 Å². The normalized spacial score (nSPS) is 14.5. The Morgan fingerprint density at radius 1 is 1.06 bits per heavy atom. The van der Waals surface area contributed by atoms with Crippen LogP contribution in [0.5, 0.6) is 11.5 Å². The minimum absolute atomic E-state index is 0.0760. The van der Waals surface area contributed by atoms with Crippen molar-refractivity contribution in [1.82, 2.24) is 14.9 Å². The lowest BCUT2D eigenvalue weighted by Crippen LogP contribution is -2.52. The summed E-state index contributed by atoms with van der Waals surface area (Å²) in [5.41, 5.74) is 1.73. The second kappa shape index (κ2) is 10.4. The van der Waals surface area contributed by atoms with Crippen LogP contribution >= 0.6 is 0 Å². The minimum Gasteiger partial charge on any atom is -0.497 e. The zero-order valence-corrected chi connectivity index (χ0v) is 19.5. The monoisotopic (exact) mass is 465 g/mol. The van der Waals surface area contributed by atoms with E-state index in [-0.39, 0.29) is 11.7 Å². The summed E-state index contributed by atoms with van der Waals surface area (Å²) in [4.78, 5) is 25.9. The van der Waals surface area contributed by atoms with Crippen LogP contribution in [0.15, 0.2) is 54.6 Å². The number of piperazine rings is 1. The second-order valence-electron chi connectivity index (χ2n) is 8.05. The van der Waals surface area contributed by atoms with Crippen LogP contribution in [0.2, 0.25) is 0 Å². The summed E-state index contributed by atoms with van der Waals surface area (Å²) < 4.78 is 24.6. The van der Waals surface area contributed by atoms with E-state index >= 15 is 0 Å². The molecule has 1 atom stereocenters. The van der Waals surface area contributed by atoms with Crippen molar-refractivity contribution in [3.8, 4) is 11.5 Å². The molecule has 0 spiro atoms. The molecule has 9 heteroatoms. The molecule has 1 N–H and O–H groups in total.